The van der Waals surface area contributed by atoms with Crippen LogP contribution in [0.25, 0.3) is 0 Å². The first-order valence-electron chi connectivity index (χ1n) is 9.52. The van der Waals surface area contributed by atoms with Crippen LogP contribution in [0.3, 0.4) is 0 Å². The number of nitrogens with zero attached hydrogens (tertiary/aromatic N) is 2. The van der Waals surface area contributed by atoms with E-state index in [-0.39, 0.29) is 11.7 Å². The smallest absolute Gasteiger partial charge is 0.313 e. The number of thioether (sulfide) groups is 1. The van der Waals surface area contributed by atoms with E-state index in [1.165, 1.54) is 37.4 Å². The average Bonchev–Trinajstić information content (AvgIpc) is 2.98. The first-order chi connectivity index (χ1) is 13.6. The molecule has 2 N–H and O–H groups in total. The molecule has 0 saturated carbocycles. The van der Waals surface area contributed by atoms with E-state index in [0.29, 0.717) is 17.0 Å². The number of carbonyl (C=O) groups is 2. The number of rotatable bonds is 7. The Labute approximate surface area is 169 Å². The van der Waals surface area contributed by atoms with Gasteiger partial charge in [0.15, 0.2) is 0 Å². The lowest BCUT2D eigenvalue weighted by Crippen LogP contribution is -2.25. The predicted molar refractivity (Wildman–Crippen MR) is 113 cm³/mol. The fourth-order valence-electron chi connectivity index (χ4n) is 3.21. The van der Waals surface area contributed by atoms with Crippen molar-refractivity contribution >= 4 is 35.1 Å². The molecular weight excluding hydrogens is 374 g/mol. The summed E-state index contributed by atoms with van der Waals surface area (Å²) < 4.78 is 0. The van der Waals surface area contributed by atoms with Crippen molar-refractivity contribution in [1.29, 1.82) is 0 Å². The SMILES string of the molecule is O=C(O)CSCc1cccc(NC(=O)c2ccc(N3CCCCCC3)nc2)c1. The van der Waals surface area contributed by atoms with E-state index in [1.807, 2.05) is 36.4 Å². The van der Waals surface area contributed by atoms with E-state index in [4.69, 9.17) is 5.11 Å². The summed E-state index contributed by atoms with van der Waals surface area (Å²) in [6.07, 6.45) is 6.54. The van der Waals surface area contributed by atoms with Gasteiger partial charge in [0, 0.05) is 30.7 Å². The molecule has 1 aromatic heterocycles. The van der Waals surface area contributed by atoms with Gasteiger partial charge in [0.25, 0.3) is 5.91 Å². The average molecular weight is 400 g/mol. The number of aromatic nitrogens is 1. The van der Waals surface area contributed by atoms with Crippen LogP contribution in [-0.4, -0.2) is 40.8 Å². The maximum atomic E-state index is 12.5. The minimum Gasteiger partial charge on any atom is -0.481 e. The van der Waals surface area contributed by atoms with Crippen molar-refractivity contribution in [3.8, 4) is 0 Å². The molecule has 1 aliphatic rings. The molecular formula is C21H25N3O3S. The Morgan fingerprint density at radius 1 is 1.11 bits per heavy atom. The number of carboxylic acids is 1. The standard InChI is InChI=1S/C21H25N3O3S/c25-20(26)15-28-14-16-6-5-7-18(12-16)23-21(27)17-8-9-19(22-13-17)24-10-3-1-2-4-11-24/h5-9,12-13H,1-4,10-11,14-15H2,(H,23,27)(H,25,26). The molecule has 0 aliphatic carbocycles. The number of hydrogen-bond acceptors (Lipinski definition) is 5. The van der Waals surface area contributed by atoms with E-state index < -0.39 is 5.97 Å². The highest BCUT2D eigenvalue weighted by Crippen LogP contribution is 2.19. The van der Waals surface area contributed by atoms with Crippen molar-refractivity contribution in [3.05, 3.63) is 53.7 Å². The molecule has 0 spiro atoms. The molecule has 1 saturated heterocycles. The van der Waals surface area contributed by atoms with Crippen molar-refractivity contribution in [3.63, 3.8) is 0 Å². The normalized spacial score (nSPS) is 14.4. The first-order valence-corrected chi connectivity index (χ1v) is 10.7. The number of carbonyl (C=O) groups excluding carboxylic acids is 1. The number of hydrogen-bond donors (Lipinski definition) is 2. The molecule has 1 amide bonds. The number of nitrogens with one attached hydrogen (secondary N) is 1. The fraction of sp³-hybridized carbons (Fsp3) is 0.381. The van der Waals surface area contributed by atoms with Crippen LogP contribution in [0.5, 0.6) is 0 Å². The Bertz CT molecular complexity index is 803. The van der Waals surface area contributed by atoms with E-state index in [0.717, 1.165) is 24.5 Å². The van der Waals surface area contributed by atoms with Gasteiger partial charge in [-0.15, -0.1) is 11.8 Å². The van der Waals surface area contributed by atoms with Gasteiger partial charge in [-0.05, 0) is 42.7 Å². The van der Waals surface area contributed by atoms with E-state index in [9.17, 15) is 9.59 Å². The van der Waals surface area contributed by atoms with Crippen LogP contribution in [0.15, 0.2) is 42.6 Å². The van der Waals surface area contributed by atoms with E-state index >= 15 is 0 Å². The molecule has 1 aromatic carbocycles. The molecule has 2 heterocycles. The van der Waals surface area contributed by atoms with Gasteiger partial charge in [0.05, 0.1) is 11.3 Å². The zero-order chi connectivity index (χ0) is 19.8. The van der Waals surface area contributed by atoms with Crippen molar-refractivity contribution < 1.29 is 14.7 Å². The zero-order valence-corrected chi connectivity index (χ0v) is 16.6. The quantitative estimate of drug-likeness (QED) is 0.731. The molecule has 3 rings (SSSR count). The third-order valence-electron chi connectivity index (χ3n) is 4.62. The van der Waals surface area contributed by atoms with Gasteiger partial charge < -0.3 is 15.3 Å². The minimum atomic E-state index is -0.828. The lowest BCUT2D eigenvalue weighted by molar-refractivity contribution is -0.133. The Hall–Kier alpha value is -2.54. The summed E-state index contributed by atoms with van der Waals surface area (Å²) in [6.45, 7) is 2.04. The first kappa shape index (κ1) is 20.2. The molecule has 148 valence electrons. The van der Waals surface area contributed by atoms with Crippen LogP contribution in [0.4, 0.5) is 11.5 Å². The minimum absolute atomic E-state index is 0.0611. The molecule has 0 bridgehead atoms. The number of amides is 1. The monoisotopic (exact) mass is 399 g/mol. The van der Waals surface area contributed by atoms with Gasteiger partial charge in [-0.25, -0.2) is 4.98 Å². The van der Waals surface area contributed by atoms with Crippen LogP contribution < -0.4 is 10.2 Å². The van der Waals surface area contributed by atoms with Gasteiger partial charge in [0.2, 0.25) is 0 Å². The van der Waals surface area contributed by atoms with Crippen molar-refractivity contribution in [1.82, 2.24) is 4.98 Å². The fourth-order valence-corrected chi connectivity index (χ4v) is 3.90. The third kappa shape index (κ3) is 5.99. The maximum Gasteiger partial charge on any atom is 0.313 e. The topological polar surface area (TPSA) is 82.5 Å². The lowest BCUT2D eigenvalue weighted by atomic mass is 10.2. The Morgan fingerprint density at radius 2 is 1.89 bits per heavy atom. The molecule has 6 nitrogen and oxygen atoms in total. The predicted octanol–water partition coefficient (Wildman–Crippen LogP) is 4.03. The summed E-state index contributed by atoms with van der Waals surface area (Å²) in [4.78, 5) is 29.9. The van der Waals surface area contributed by atoms with Crippen molar-refractivity contribution in [2.45, 2.75) is 31.4 Å². The molecule has 1 fully saturated rings. The van der Waals surface area contributed by atoms with Crippen LogP contribution >= 0.6 is 11.8 Å². The Kier molecular flexibility index (Phi) is 7.31. The van der Waals surface area contributed by atoms with Gasteiger partial charge in [-0.2, -0.15) is 0 Å². The third-order valence-corrected chi connectivity index (χ3v) is 5.61. The Balaban J connectivity index is 1.59. The highest BCUT2D eigenvalue weighted by molar-refractivity contribution is 7.99. The molecule has 1 aliphatic heterocycles. The summed E-state index contributed by atoms with van der Waals surface area (Å²) in [7, 11) is 0. The van der Waals surface area contributed by atoms with Crippen LogP contribution in [0, 0.1) is 0 Å². The number of anilines is 2. The number of aliphatic carboxylic acids is 1. The molecule has 28 heavy (non-hydrogen) atoms. The zero-order valence-electron chi connectivity index (χ0n) is 15.8. The molecule has 0 atom stereocenters. The molecule has 0 unspecified atom stereocenters. The van der Waals surface area contributed by atoms with Gasteiger partial charge in [-0.3, -0.25) is 9.59 Å². The van der Waals surface area contributed by atoms with Crippen LogP contribution in [0.1, 0.15) is 41.6 Å². The summed E-state index contributed by atoms with van der Waals surface area (Å²) >= 11 is 1.33. The second kappa shape index (κ2) is 10.1. The second-order valence-corrected chi connectivity index (χ2v) is 7.83. The van der Waals surface area contributed by atoms with Gasteiger partial charge >= 0.3 is 5.97 Å². The number of benzene rings is 1. The van der Waals surface area contributed by atoms with Gasteiger partial charge in [0.1, 0.15) is 5.82 Å². The largest absolute Gasteiger partial charge is 0.481 e. The molecule has 7 heteroatoms. The number of carboxylic acid groups (broad SMARTS) is 1. The summed E-state index contributed by atoms with van der Waals surface area (Å²) in [6, 6.07) is 11.2. The van der Waals surface area contributed by atoms with E-state index in [1.54, 1.807) is 6.20 Å². The summed E-state index contributed by atoms with van der Waals surface area (Å²) in [5.74, 6) is 0.542. The Morgan fingerprint density at radius 3 is 2.57 bits per heavy atom. The summed E-state index contributed by atoms with van der Waals surface area (Å²) in [5.41, 5.74) is 2.18. The highest BCUT2D eigenvalue weighted by Gasteiger charge is 2.13. The molecule has 2 aromatic rings. The van der Waals surface area contributed by atoms with Crippen LogP contribution in [-0.2, 0) is 10.5 Å². The maximum absolute atomic E-state index is 12.5. The van der Waals surface area contributed by atoms with Crippen LogP contribution in [0.2, 0.25) is 0 Å². The van der Waals surface area contributed by atoms with Crippen molar-refractivity contribution in [2.75, 3.05) is 29.1 Å². The number of pyridine rings is 1. The van der Waals surface area contributed by atoms with Gasteiger partial charge in [-0.1, -0.05) is 25.0 Å². The highest BCUT2D eigenvalue weighted by atomic mass is 32.2. The van der Waals surface area contributed by atoms with Crippen molar-refractivity contribution in [2.24, 2.45) is 0 Å². The lowest BCUT2D eigenvalue weighted by Gasteiger charge is -2.21. The van der Waals surface area contributed by atoms with E-state index in [2.05, 4.69) is 15.2 Å². The second-order valence-electron chi connectivity index (χ2n) is 6.85. The summed E-state index contributed by atoms with van der Waals surface area (Å²) in [5, 5.41) is 11.6. The molecule has 0 radical (unpaired) electrons.